The molecule has 0 unspecified atom stereocenters. The molecule has 59 heavy (non-hydrogen) atoms. The molecular formula is C56H94N2Ni. The third-order valence-corrected chi connectivity index (χ3v) is 11.6. The maximum absolute atomic E-state index is 11.3. The molecule has 2 aromatic carbocycles. The topological polar surface area (TPSA) is 25.3 Å². The second kappa shape index (κ2) is 41.4. The van der Waals surface area contributed by atoms with Gasteiger partial charge in [-0.05, 0) is 73.9 Å². The Morgan fingerprint density at radius 3 is 1.19 bits per heavy atom. The monoisotopic (exact) mass is 853 g/mol. The second-order valence-electron chi connectivity index (χ2n) is 17.2. The number of allylic oxidation sites excluding steroid dienone is 2. The Labute approximate surface area is 379 Å². The summed E-state index contributed by atoms with van der Waals surface area (Å²) < 4.78 is 1.45. The van der Waals surface area contributed by atoms with Gasteiger partial charge >= 0.3 is 16.5 Å². The SMILES string of the molecule is CCCCCc1cccc(C2=CC(CCCC)=C(c3cccc(CCCCC)c3)[N+]2=[N-])c1.[CH2-]CCCCCCCCCCCC.[CH2-]CCCCCCCCCCCC.[Ni+2]. The van der Waals surface area contributed by atoms with Gasteiger partial charge in [-0.2, -0.15) is 12.8 Å². The summed E-state index contributed by atoms with van der Waals surface area (Å²) in [5.41, 5.74) is 19.4. The van der Waals surface area contributed by atoms with E-state index in [4.69, 9.17) is 0 Å². The van der Waals surface area contributed by atoms with Crippen molar-refractivity contribution < 1.29 is 21.2 Å². The molecule has 338 valence electrons. The van der Waals surface area contributed by atoms with Crippen LogP contribution in [-0.2, 0) is 29.3 Å². The molecule has 2 aromatic rings. The van der Waals surface area contributed by atoms with E-state index < -0.39 is 0 Å². The summed E-state index contributed by atoms with van der Waals surface area (Å²) in [7, 11) is 0. The number of nitrogens with zero attached hydrogens (tertiary/aromatic N) is 2. The molecule has 0 aliphatic carbocycles. The molecule has 0 atom stereocenters. The fourth-order valence-corrected chi connectivity index (χ4v) is 7.87. The van der Waals surface area contributed by atoms with Crippen molar-refractivity contribution in [3.8, 4) is 0 Å². The average Bonchev–Trinajstić information content (AvgIpc) is 3.58. The zero-order chi connectivity index (χ0) is 42.3. The van der Waals surface area contributed by atoms with Crippen molar-refractivity contribution in [3.63, 3.8) is 0 Å². The van der Waals surface area contributed by atoms with Crippen LogP contribution in [-0.4, -0.2) is 4.70 Å². The van der Waals surface area contributed by atoms with Crippen molar-refractivity contribution in [2.75, 3.05) is 0 Å². The predicted molar refractivity (Wildman–Crippen MR) is 261 cm³/mol. The molecule has 0 N–H and O–H groups in total. The van der Waals surface area contributed by atoms with E-state index in [1.165, 1.54) is 188 Å². The zero-order valence-corrected chi connectivity index (χ0v) is 40.6. The maximum atomic E-state index is 11.3. The Balaban J connectivity index is 0.00000103. The van der Waals surface area contributed by atoms with Gasteiger partial charge in [0.15, 0.2) is 0 Å². The van der Waals surface area contributed by atoms with Crippen LogP contribution in [0.4, 0.5) is 0 Å². The third-order valence-electron chi connectivity index (χ3n) is 11.6. The molecule has 0 saturated heterocycles. The maximum Gasteiger partial charge on any atom is 2.00 e. The van der Waals surface area contributed by atoms with Crippen LogP contribution < -0.4 is 0 Å². The van der Waals surface area contributed by atoms with Gasteiger partial charge < -0.3 is 19.4 Å². The summed E-state index contributed by atoms with van der Waals surface area (Å²) in [5, 5.41) is 0. The van der Waals surface area contributed by atoms with Crippen LogP contribution in [0.5, 0.6) is 0 Å². The number of unbranched alkanes of at least 4 members (excludes halogenated alkanes) is 25. The van der Waals surface area contributed by atoms with Gasteiger partial charge in [0.25, 0.3) is 0 Å². The van der Waals surface area contributed by atoms with Gasteiger partial charge in [0.05, 0.1) is 0 Å². The fraction of sp³-hybridized carbons (Fsp3) is 0.679. The summed E-state index contributed by atoms with van der Waals surface area (Å²) >= 11 is 0. The van der Waals surface area contributed by atoms with Gasteiger partial charge in [0.1, 0.15) is 0 Å². The minimum atomic E-state index is 0. The van der Waals surface area contributed by atoms with E-state index in [2.05, 4.69) is 103 Å². The van der Waals surface area contributed by atoms with Crippen molar-refractivity contribution >= 4 is 11.4 Å². The van der Waals surface area contributed by atoms with Gasteiger partial charge in [-0.3, -0.25) is 0 Å². The summed E-state index contributed by atoms with van der Waals surface area (Å²) in [6, 6.07) is 17.5. The molecule has 3 heteroatoms. The first-order valence-electron chi connectivity index (χ1n) is 25.2. The molecule has 3 rings (SSSR count). The van der Waals surface area contributed by atoms with Crippen LogP contribution in [0.3, 0.4) is 0 Å². The van der Waals surface area contributed by atoms with E-state index in [0.717, 1.165) is 67.5 Å². The third kappa shape index (κ3) is 28.3. The van der Waals surface area contributed by atoms with E-state index in [9.17, 15) is 5.53 Å². The molecule has 0 bridgehead atoms. The molecule has 0 amide bonds. The molecule has 2 nitrogen and oxygen atoms in total. The number of hydrogen-bond donors (Lipinski definition) is 0. The van der Waals surface area contributed by atoms with Crippen LogP contribution in [0.2, 0.25) is 0 Å². The largest absolute Gasteiger partial charge is 2.00 e. The molecular weight excluding hydrogens is 759 g/mol. The summed E-state index contributed by atoms with van der Waals surface area (Å²) in [4.78, 5) is 0. The Hall–Kier alpha value is -1.99. The van der Waals surface area contributed by atoms with Gasteiger partial charge in [0.2, 0.25) is 11.4 Å². The average molecular weight is 854 g/mol. The Morgan fingerprint density at radius 2 is 0.780 bits per heavy atom. The Morgan fingerprint density at radius 1 is 0.424 bits per heavy atom. The minimum Gasteiger partial charge on any atom is -0.493 e. The molecule has 0 aromatic heterocycles. The van der Waals surface area contributed by atoms with E-state index in [1.807, 2.05) is 0 Å². The summed E-state index contributed by atoms with van der Waals surface area (Å²) in [6.07, 6.45) is 45.9. The first-order chi connectivity index (χ1) is 28.5. The van der Waals surface area contributed by atoms with Gasteiger partial charge in [-0.1, -0.05) is 219 Å². The first-order valence-corrected chi connectivity index (χ1v) is 25.2. The van der Waals surface area contributed by atoms with E-state index in [-0.39, 0.29) is 16.5 Å². The van der Waals surface area contributed by atoms with E-state index in [1.54, 1.807) is 0 Å². The second-order valence-corrected chi connectivity index (χ2v) is 17.2. The van der Waals surface area contributed by atoms with Crippen molar-refractivity contribution in [1.29, 1.82) is 0 Å². The van der Waals surface area contributed by atoms with Gasteiger partial charge in [0, 0.05) is 22.8 Å². The van der Waals surface area contributed by atoms with E-state index in [0.29, 0.717) is 0 Å². The number of aryl methyl sites for hydroxylation is 2. The molecule has 0 radical (unpaired) electrons. The number of hydrogen-bond acceptors (Lipinski definition) is 0. The first kappa shape index (κ1) is 57.0. The Bertz CT molecular complexity index is 1280. The summed E-state index contributed by atoms with van der Waals surface area (Å²) in [5.74, 6) is 0. The molecule has 1 aliphatic rings. The molecule has 1 heterocycles. The molecule has 0 fully saturated rings. The number of benzene rings is 2. The summed E-state index contributed by atoms with van der Waals surface area (Å²) in [6.45, 7) is 19.0. The van der Waals surface area contributed by atoms with Crippen LogP contribution >= 0.6 is 0 Å². The van der Waals surface area contributed by atoms with Crippen LogP contribution in [0.1, 0.15) is 256 Å². The van der Waals surface area contributed by atoms with Crippen LogP contribution in [0.25, 0.3) is 16.9 Å². The quantitative estimate of drug-likeness (QED) is 0.0296. The standard InChI is InChI=1S/C30H40N2.2C13H27.Ni/c1-4-7-10-14-24-16-12-19-26(21-24)29-23-28(18-9-6-3)30(32(29)31)27-20-13-17-25(22-27)15-11-8-5-2;2*1-3-5-7-9-11-13-12-10-8-6-4-2;/h12-13,16-17,19-23H,4-11,14-15,18H2,1-3H3;2*1,3-13H2,2H3;/q;2*-1;+2. The van der Waals surface area contributed by atoms with Crippen molar-refractivity contribution in [2.24, 2.45) is 0 Å². The zero-order valence-electron chi connectivity index (χ0n) is 39.7. The van der Waals surface area contributed by atoms with E-state index >= 15 is 0 Å². The van der Waals surface area contributed by atoms with Crippen LogP contribution in [0, 0.1) is 13.8 Å². The minimum absolute atomic E-state index is 0. The smallest absolute Gasteiger partial charge is 0.493 e. The molecule has 0 saturated carbocycles. The van der Waals surface area contributed by atoms with Crippen molar-refractivity contribution in [3.05, 3.63) is 102 Å². The number of rotatable bonds is 33. The molecule has 1 aliphatic heterocycles. The van der Waals surface area contributed by atoms with Gasteiger partial charge in [-0.15, -0.1) is 0 Å². The normalized spacial score (nSPS) is 12.1. The van der Waals surface area contributed by atoms with Crippen molar-refractivity contribution in [2.45, 2.75) is 247 Å². The predicted octanol–water partition coefficient (Wildman–Crippen LogP) is 19.4. The van der Waals surface area contributed by atoms with Gasteiger partial charge in [-0.25, -0.2) is 4.70 Å². The Kier molecular flexibility index (Phi) is 40.0. The molecule has 0 spiro atoms. The fourth-order valence-electron chi connectivity index (χ4n) is 7.87. The van der Waals surface area contributed by atoms with Crippen molar-refractivity contribution in [1.82, 2.24) is 0 Å². The van der Waals surface area contributed by atoms with Crippen LogP contribution in [0.15, 0.2) is 60.2 Å².